The Kier molecular flexibility index (Phi) is 5.14. The number of urea groups is 1. The fraction of sp³-hybridized carbons (Fsp3) is 0.115. The van der Waals surface area contributed by atoms with E-state index in [0.29, 0.717) is 39.6 Å². The van der Waals surface area contributed by atoms with Crippen molar-refractivity contribution in [2.24, 2.45) is 0 Å². The van der Waals surface area contributed by atoms with Crippen LogP contribution in [-0.4, -0.2) is 23.0 Å². The summed E-state index contributed by atoms with van der Waals surface area (Å²) >= 11 is 0. The number of hydrogen-bond acceptors (Lipinski definition) is 6. The zero-order valence-electron chi connectivity index (χ0n) is 18.9. The number of rotatable bonds is 4. The molecule has 0 saturated heterocycles. The van der Waals surface area contributed by atoms with Crippen LogP contribution in [-0.2, 0) is 0 Å². The Morgan fingerprint density at radius 2 is 1.64 bits per heavy atom. The molecule has 36 heavy (non-hydrogen) atoms. The number of carbonyl (C=O) groups excluding carboxylic acids is 1. The van der Waals surface area contributed by atoms with Crippen LogP contribution in [0.4, 0.5) is 19.3 Å². The molecule has 180 valence electrons. The van der Waals surface area contributed by atoms with Crippen LogP contribution in [0.3, 0.4) is 0 Å². The molecule has 6 rings (SSSR count). The number of hydrogen-bond donors (Lipinski definition) is 1. The number of allylic oxidation sites excluding steroid dienone is 1. The maximum Gasteiger partial charge on any atom is 0.327 e. The van der Waals surface area contributed by atoms with Gasteiger partial charge in [0, 0.05) is 17.3 Å². The third-order valence-electron chi connectivity index (χ3n) is 6.06. The van der Waals surface area contributed by atoms with Crippen molar-refractivity contribution in [3.8, 4) is 22.9 Å². The molecule has 0 radical (unpaired) electrons. The van der Waals surface area contributed by atoms with E-state index in [0.717, 1.165) is 0 Å². The lowest BCUT2D eigenvalue weighted by molar-refractivity contribution is 0.174. The minimum atomic E-state index is -0.690. The number of benzene rings is 3. The molecule has 0 saturated carbocycles. The molecule has 1 aromatic heterocycles. The minimum Gasteiger partial charge on any atom is -0.454 e. The molecule has 0 fully saturated rings. The number of carbonyl (C=O) groups is 1. The summed E-state index contributed by atoms with van der Waals surface area (Å²) in [5.74, 6) is 0.740. The van der Waals surface area contributed by atoms with E-state index in [9.17, 15) is 13.6 Å². The normalized spacial score (nSPS) is 16.9. The Morgan fingerprint density at radius 1 is 0.944 bits per heavy atom. The molecular weight excluding hydrogens is 470 g/mol. The Bertz CT molecular complexity index is 1500. The molecule has 0 spiro atoms. The largest absolute Gasteiger partial charge is 0.454 e. The van der Waals surface area contributed by atoms with Gasteiger partial charge in [0.05, 0.1) is 17.3 Å². The van der Waals surface area contributed by atoms with Gasteiger partial charge in [-0.05, 0) is 61.0 Å². The summed E-state index contributed by atoms with van der Waals surface area (Å²) in [5, 5.41) is 7.02. The van der Waals surface area contributed by atoms with Gasteiger partial charge in [-0.1, -0.05) is 17.3 Å². The standard InChI is InChI=1S/C26H18F2N4O4/c1-14-22(25-30-24(31-36-25)16-4-8-18(28)9-5-16)23(15-2-6-17(27)7-3-15)29-26(33)32(14)19-10-11-20-21(12-19)35-13-34-20/h2-12,23H,13H2,1H3,(H,29,33). The highest BCUT2D eigenvalue weighted by atomic mass is 19.1. The van der Waals surface area contributed by atoms with E-state index in [2.05, 4.69) is 15.5 Å². The lowest BCUT2D eigenvalue weighted by Gasteiger charge is -2.35. The van der Waals surface area contributed by atoms with Crippen LogP contribution in [0.5, 0.6) is 11.5 Å². The second-order valence-electron chi connectivity index (χ2n) is 8.24. The third-order valence-corrected chi connectivity index (χ3v) is 6.06. The quantitative estimate of drug-likeness (QED) is 0.411. The number of anilines is 1. The number of halogens is 2. The Labute approximate surface area is 203 Å². The van der Waals surface area contributed by atoms with Crippen molar-refractivity contribution < 1.29 is 27.6 Å². The molecule has 1 unspecified atom stereocenters. The minimum absolute atomic E-state index is 0.103. The molecule has 1 atom stereocenters. The molecule has 4 aromatic rings. The van der Waals surface area contributed by atoms with Gasteiger partial charge < -0.3 is 19.3 Å². The molecule has 3 heterocycles. The van der Waals surface area contributed by atoms with Crippen LogP contribution in [0.1, 0.15) is 24.4 Å². The number of nitrogens with zero attached hydrogens (tertiary/aromatic N) is 3. The van der Waals surface area contributed by atoms with Crippen molar-refractivity contribution in [3.05, 3.63) is 95.5 Å². The molecular formula is C26H18F2N4O4. The van der Waals surface area contributed by atoms with Gasteiger partial charge >= 0.3 is 6.03 Å². The van der Waals surface area contributed by atoms with Crippen molar-refractivity contribution in [2.45, 2.75) is 13.0 Å². The summed E-state index contributed by atoms with van der Waals surface area (Å²) in [7, 11) is 0. The third kappa shape index (κ3) is 3.72. The molecule has 0 aliphatic carbocycles. The lowest BCUT2D eigenvalue weighted by atomic mass is 9.94. The van der Waals surface area contributed by atoms with Gasteiger partial charge in [-0.15, -0.1) is 0 Å². The maximum absolute atomic E-state index is 13.6. The summed E-state index contributed by atoms with van der Waals surface area (Å²) < 4.78 is 43.5. The summed E-state index contributed by atoms with van der Waals surface area (Å²) in [6.07, 6.45) is 0. The van der Waals surface area contributed by atoms with E-state index in [4.69, 9.17) is 14.0 Å². The first kappa shape index (κ1) is 21.8. The van der Waals surface area contributed by atoms with Crippen LogP contribution in [0.15, 0.2) is 77.0 Å². The predicted molar refractivity (Wildman–Crippen MR) is 125 cm³/mol. The second kappa shape index (κ2) is 8.49. The first-order chi connectivity index (χ1) is 17.5. The average molecular weight is 488 g/mol. The van der Waals surface area contributed by atoms with Crippen LogP contribution >= 0.6 is 0 Å². The first-order valence-corrected chi connectivity index (χ1v) is 11.0. The molecule has 0 bridgehead atoms. The number of nitrogens with one attached hydrogen (secondary N) is 1. The van der Waals surface area contributed by atoms with Gasteiger partial charge in [0.2, 0.25) is 12.6 Å². The zero-order chi connectivity index (χ0) is 24.8. The van der Waals surface area contributed by atoms with Crippen LogP contribution in [0, 0.1) is 11.6 Å². The molecule has 3 aromatic carbocycles. The lowest BCUT2D eigenvalue weighted by Crippen LogP contribution is -2.46. The fourth-order valence-electron chi connectivity index (χ4n) is 4.31. The molecule has 2 aliphatic rings. The molecule has 10 heteroatoms. The second-order valence-corrected chi connectivity index (χ2v) is 8.24. The smallest absolute Gasteiger partial charge is 0.327 e. The van der Waals surface area contributed by atoms with Gasteiger partial charge in [0.15, 0.2) is 11.5 Å². The van der Waals surface area contributed by atoms with E-state index >= 15 is 0 Å². The Morgan fingerprint density at radius 3 is 2.39 bits per heavy atom. The number of ether oxygens (including phenoxy) is 2. The van der Waals surface area contributed by atoms with Gasteiger partial charge in [0.25, 0.3) is 5.89 Å². The van der Waals surface area contributed by atoms with Crippen molar-refractivity contribution in [1.82, 2.24) is 15.5 Å². The van der Waals surface area contributed by atoms with Crippen LogP contribution in [0.2, 0.25) is 0 Å². The van der Waals surface area contributed by atoms with E-state index in [-0.39, 0.29) is 24.3 Å². The summed E-state index contributed by atoms with van der Waals surface area (Å²) in [6, 6.07) is 15.6. The maximum atomic E-state index is 13.6. The van der Waals surface area contributed by atoms with Crippen LogP contribution in [0.25, 0.3) is 17.0 Å². The van der Waals surface area contributed by atoms with Crippen LogP contribution < -0.4 is 19.7 Å². The fourth-order valence-corrected chi connectivity index (χ4v) is 4.31. The van der Waals surface area contributed by atoms with Gasteiger partial charge in [-0.25, -0.2) is 13.6 Å². The predicted octanol–water partition coefficient (Wildman–Crippen LogP) is 5.45. The zero-order valence-corrected chi connectivity index (χ0v) is 18.9. The summed E-state index contributed by atoms with van der Waals surface area (Å²) in [6.45, 7) is 1.86. The monoisotopic (exact) mass is 488 g/mol. The Hall–Kier alpha value is -4.73. The van der Waals surface area contributed by atoms with Crippen molar-refractivity contribution in [3.63, 3.8) is 0 Å². The first-order valence-electron chi connectivity index (χ1n) is 11.0. The van der Waals surface area contributed by atoms with Gasteiger partial charge in [0.1, 0.15) is 11.6 Å². The molecule has 2 aliphatic heterocycles. The van der Waals surface area contributed by atoms with E-state index in [1.165, 1.54) is 29.2 Å². The number of aromatic nitrogens is 2. The average Bonchev–Trinajstić information content (AvgIpc) is 3.54. The SMILES string of the molecule is CC1=C(c2nc(-c3ccc(F)cc3)no2)C(c2ccc(F)cc2)NC(=O)N1c1ccc2c(c1)OCO2. The van der Waals surface area contributed by atoms with E-state index < -0.39 is 17.9 Å². The van der Waals surface area contributed by atoms with Crippen molar-refractivity contribution >= 4 is 17.3 Å². The molecule has 1 N–H and O–H groups in total. The summed E-state index contributed by atoms with van der Waals surface area (Å²) in [4.78, 5) is 19.3. The van der Waals surface area contributed by atoms with Gasteiger partial charge in [-0.2, -0.15) is 4.98 Å². The molecule has 2 amide bonds. The highest BCUT2D eigenvalue weighted by Gasteiger charge is 2.37. The van der Waals surface area contributed by atoms with E-state index in [1.54, 1.807) is 49.4 Å². The number of amides is 2. The highest BCUT2D eigenvalue weighted by Crippen LogP contribution is 2.42. The van der Waals surface area contributed by atoms with Crippen molar-refractivity contribution in [1.29, 1.82) is 0 Å². The molecule has 8 nitrogen and oxygen atoms in total. The summed E-state index contributed by atoms with van der Waals surface area (Å²) in [5.41, 5.74) is 2.80. The topological polar surface area (TPSA) is 89.7 Å². The number of fused-ring (bicyclic) bond motifs is 1. The van der Waals surface area contributed by atoms with Crippen molar-refractivity contribution in [2.75, 3.05) is 11.7 Å². The Balaban J connectivity index is 1.48. The van der Waals surface area contributed by atoms with Gasteiger partial charge in [-0.3, -0.25) is 4.90 Å². The highest BCUT2D eigenvalue weighted by molar-refractivity contribution is 6.01. The van der Waals surface area contributed by atoms with E-state index in [1.807, 2.05) is 0 Å².